The molecule has 0 aliphatic carbocycles. The van der Waals surface area contributed by atoms with Crippen LogP contribution < -0.4 is 0 Å². The summed E-state index contributed by atoms with van der Waals surface area (Å²) in [5, 5.41) is 0. The van der Waals surface area contributed by atoms with Crippen LogP contribution >= 0.6 is 0 Å². The van der Waals surface area contributed by atoms with Crippen LogP contribution in [0, 0.1) is 0 Å². The first-order chi connectivity index (χ1) is 6.33. The first-order valence-corrected chi connectivity index (χ1v) is 5.60. The van der Waals surface area contributed by atoms with Gasteiger partial charge >= 0.3 is 0 Å². The van der Waals surface area contributed by atoms with Gasteiger partial charge in [-0.25, -0.2) is 0 Å². The predicted molar refractivity (Wildman–Crippen MR) is 53.7 cm³/mol. The molecule has 1 heterocycles. The average molecular weight is 186 g/mol. The maximum Gasteiger partial charge on any atom is 0.157 e. The molecule has 0 spiro atoms. The van der Waals surface area contributed by atoms with E-state index in [4.69, 9.17) is 9.47 Å². The van der Waals surface area contributed by atoms with Crippen LogP contribution in [-0.4, -0.2) is 19.0 Å². The van der Waals surface area contributed by atoms with Gasteiger partial charge in [-0.3, -0.25) is 0 Å². The zero-order valence-electron chi connectivity index (χ0n) is 8.92. The number of ether oxygens (including phenoxy) is 2. The van der Waals surface area contributed by atoms with Crippen LogP contribution in [0.3, 0.4) is 0 Å². The second-order valence-electron chi connectivity index (χ2n) is 3.89. The first-order valence-electron chi connectivity index (χ1n) is 5.60. The molecule has 78 valence electrons. The Hall–Kier alpha value is -0.0800. The van der Waals surface area contributed by atoms with E-state index in [0.29, 0.717) is 6.10 Å². The number of rotatable bonds is 5. The molecule has 2 heteroatoms. The molecule has 0 aromatic heterocycles. The van der Waals surface area contributed by atoms with Crippen molar-refractivity contribution >= 4 is 0 Å². The second kappa shape index (κ2) is 6.39. The van der Waals surface area contributed by atoms with Crippen LogP contribution in [0.4, 0.5) is 0 Å². The predicted octanol–water partition coefficient (Wildman–Crippen LogP) is 3.11. The van der Waals surface area contributed by atoms with Crippen LogP contribution in [-0.2, 0) is 9.47 Å². The van der Waals surface area contributed by atoms with Crippen LogP contribution in [0.25, 0.3) is 0 Å². The van der Waals surface area contributed by atoms with Crippen molar-refractivity contribution in [1.82, 2.24) is 0 Å². The lowest BCUT2D eigenvalue weighted by molar-refractivity contribution is -0.210. The molecule has 0 aromatic rings. The summed E-state index contributed by atoms with van der Waals surface area (Å²) in [5.41, 5.74) is 0. The minimum absolute atomic E-state index is 0.0839. The summed E-state index contributed by atoms with van der Waals surface area (Å²) in [6, 6.07) is 0. The van der Waals surface area contributed by atoms with E-state index in [1.54, 1.807) is 0 Å². The molecule has 1 fully saturated rings. The summed E-state index contributed by atoms with van der Waals surface area (Å²) < 4.78 is 11.2. The molecule has 1 aliphatic rings. The van der Waals surface area contributed by atoms with Gasteiger partial charge in [-0.05, 0) is 26.2 Å². The average Bonchev–Trinajstić information content (AvgIpc) is 2.13. The zero-order chi connectivity index (χ0) is 9.52. The summed E-state index contributed by atoms with van der Waals surface area (Å²) >= 11 is 0. The van der Waals surface area contributed by atoms with Gasteiger partial charge in [-0.2, -0.15) is 0 Å². The van der Waals surface area contributed by atoms with Gasteiger partial charge in [0.2, 0.25) is 0 Å². The molecule has 1 rings (SSSR count). The van der Waals surface area contributed by atoms with E-state index in [9.17, 15) is 0 Å². The molecule has 13 heavy (non-hydrogen) atoms. The molecule has 0 bridgehead atoms. The third kappa shape index (κ3) is 4.63. The third-order valence-electron chi connectivity index (χ3n) is 2.51. The summed E-state index contributed by atoms with van der Waals surface area (Å²) in [7, 11) is 0. The number of hydrogen-bond donors (Lipinski definition) is 0. The molecule has 0 aromatic carbocycles. The van der Waals surface area contributed by atoms with Gasteiger partial charge in [0, 0.05) is 0 Å². The van der Waals surface area contributed by atoms with Gasteiger partial charge in [0.15, 0.2) is 6.29 Å². The van der Waals surface area contributed by atoms with Gasteiger partial charge in [-0.1, -0.05) is 26.2 Å². The SMILES string of the molecule is CCCCCCC1OCCC(C)O1. The maximum absolute atomic E-state index is 5.64. The first kappa shape index (κ1) is 11.0. The summed E-state index contributed by atoms with van der Waals surface area (Å²) in [6.45, 7) is 5.23. The normalized spacial score (nSPS) is 29.1. The Morgan fingerprint density at radius 1 is 1.23 bits per heavy atom. The summed E-state index contributed by atoms with van der Waals surface area (Å²) in [6.07, 6.45) is 7.78. The van der Waals surface area contributed by atoms with Gasteiger partial charge in [0.05, 0.1) is 12.7 Å². The van der Waals surface area contributed by atoms with Crippen molar-refractivity contribution in [1.29, 1.82) is 0 Å². The number of hydrogen-bond acceptors (Lipinski definition) is 2. The van der Waals surface area contributed by atoms with Crippen molar-refractivity contribution in [3.8, 4) is 0 Å². The minimum Gasteiger partial charge on any atom is -0.353 e. The second-order valence-corrected chi connectivity index (χ2v) is 3.89. The third-order valence-corrected chi connectivity index (χ3v) is 2.51. The van der Waals surface area contributed by atoms with E-state index in [0.717, 1.165) is 19.4 Å². The van der Waals surface area contributed by atoms with Crippen molar-refractivity contribution in [2.24, 2.45) is 0 Å². The monoisotopic (exact) mass is 186 g/mol. The fraction of sp³-hybridized carbons (Fsp3) is 1.00. The molecule has 2 unspecified atom stereocenters. The maximum atomic E-state index is 5.64. The topological polar surface area (TPSA) is 18.5 Å². The Morgan fingerprint density at radius 3 is 2.77 bits per heavy atom. The molecule has 0 saturated carbocycles. The lowest BCUT2D eigenvalue weighted by Crippen LogP contribution is -2.30. The Labute approximate surface area is 81.6 Å². The van der Waals surface area contributed by atoms with E-state index >= 15 is 0 Å². The highest BCUT2D eigenvalue weighted by molar-refractivity contribution is 4.59. The quantitative estimate of drug-likeness (QED) is 0.614. The Bertz CT molecular complexity index is 125. The van der Waals surface area contributed by atoms with Gasteiger partial charge in [-0.15, -0.1) is 0 Å². The molecule has 0 radical (unpaired) electrons. The van der Waals surface area contributed by atoms with E-state index < -0.39 is 0 Å². The highest BCUT2D eigenvalue weighted by Crippen LogP contribution is 2.17. The van der Waals surface area contributed by atoms with Crippen molar-refractivity contribution in [3.63, 3.8) is 0 Å². The molecular formula is C11H22O2. The Balaban J connectivity index is 2.00. The molecule has 1 saturated heterocycles. The van der Waals surface area contributed by atoms with Crippen LogP contribution in [0.2, 0.25) is 0 Å². The minimum atomic E-state index is 0.0839. The Morgan fingerprint density at radius 2 is 2.08 bits per heavy atom. The van der Waals surface area contributed by atoms with E-state index in [1.807, 2.05) is 0 Å². The smallest absolute Gasteiger partial charge is 0.157 e. The van der Waals surface area contributed by atoms with Crippen LogP contribution in [0.15, 0.2) is 0 Å². The lowest BCUT2D eigenvalue weighted by atomic mass is 10.1. The van der Waals surface area contributed by atoms with E-state index in [-0.39, 0.29) is 6.29 Å². The molecular weight excluding hydrogens is 164 g/mol. The molecule has 2 atom stereocenters. The standard InChI is InChI=1S/C11H22O2/c1-3-4-5-6-7-11-12-9-8-10(2)13-11/h10-11H,3-9H2,1-2H3. The zero-order valence-corrected chi connectivity index (χ0v) is 8.92. The van der Waals surface area contributed by atoms with Crippen molar-refractivity contribution in [2.45, 2.75) is 64.8 Å². The molecule has 1 aliphatic heterocycles. The highest BCUT2D eigenvalue weighted by atomic mass is 16.7. The van der Waals surface area contributed by atoms with Crippen LogP contribution in [0.5, 0.6) is 0 Å². The molecule has 2 nitrogen and oxygen atoms in total. The fourth-order valence-electron chi connectivity index (χ4n) is 1.62. The summed E-state index contributed by atoms with van der Waals surface area (Å²) in [4.78, 5) is 0. The van der Waals surface area contributed by atoms with Crippen molar-refractivity contribution < 1.29 is 9.47 Å². The largest absolute Gasteiger partial charge is 0.353 e. The Kier molecular flexibility index (Phi) is 5.40. The lowest BCUT2D eigenvalue weighted by Gasteiger charge is -2.28. The summed E-state index contributed by atoms with van der Waals surface area (Å²) in [5.74, 6) is 0. The van der Waals surface area contributed by atoms with Crippen LogP contribution in [0.1, 0.15) is 52.4 Å². The highest BCUT2D eigenvalue weighted by Gasteiger charge is 2.18. The fourth-order valence-corrected chi connectivity index (χ4v) is 1.62. The number of unbranched alkanes of at least 4 members (excludes halogenated alkanes) is 3. The van der Waals surface area contributed by atoms with Gasteiger partial charge in [0.1, 0.15) is 0 Å². The molecule has 0 N–H and O–H groups in total. The van der Waals surface area contributed by atoms with E-state index in [2.05, 4.69) is 13.8 Å². The molecule has 0 amide bonds. The van der Waals surface area contributed by atoms with Crippen molar-refractivity contribution in [3.05, 3.63) is 0 Å². The van der Waals surface area contributed by atoms with Gasteiger partial charge < -0.3 is 9.47 Å². The van der Waals surface area contributed by atoms with E-state index in [1.165, 1.54) is 25.7 Å². The van der Waals surface area contributed by atoms with Crippen molar-refractivity contribution in [2.75, 3.05) is 6.61 Å². The van der Waals surface area contributed by atoms with Gasteiger partial charge in [0.25, 0.3) is 0 Å².